The minimum absolute atomic E-state index is 1.23. The van der Waals surface area contributed by atoms with Gasteiger partial charge in [0.05, 0.1) is 15.2 Å². The molecule has 0 bridgehead atoms. The highest BCUT2D eigenvalue weighted by atomic mass is 29.3. The summed E-state index contributed by atoms with van der Waals surface area (Å²) in [5.74, 6) is 0. The van der Waals surface area contributed by atoms with Crippen molar-refractivity contribution in [3.63, 3.8) is 0 Å². The summed E-state index contributed by atoms with van der Waals surface area (Å²) in [4.78, 5) is 0. The van der Waals surface area contributed by atoms with Gasteiger partial charge in [0.15, 0.2) is 0 Å². The average molecular weight is 497 g/mol. The Kier molecular flexibility index (Phi) is 8.67. The van der Waals surface area contributed by atoms with Crippen LogP contribution in [-0.4, -0.2) is 30.4 Å². The molecule has 2 aromatic rings. The van der Waals surface area contributed by atoms with Gasteiger partial charge in [0, 0.05) is 15.2 Å². The van der Waals surface area contributed by atoms with Gasteiger partial charge in [-0.1, -0.05) is 173 Å². The highest BCUT2D eigenvalue weighted by molar-refractivity contribution is 7.46. The summed E-state index contributed by atoms with van der Waals surface area (Å²) in [5, 5.41) is 3.57. The van der Waals surface area contributed by atoms with Gasteiger partial charge < -0.3 is 0 Å². The molecule has 0 spiro atoms. The van der Waals surface area contributed by atoms with Crippen LogP contribution >= 0.6 is 0 Å². The van der Waals surface area contributed by atoms with E-state index in [9.17, 15) is 0 Å². The maximum atomic E-state index is 2.69. The summed E-state index contributed by atoms with van der Waals surface area (Å²) in [7, 11) is -5.28. The van der Waals surface area contributed by atoms with Crippen LogP contribution in [0.5, 0.6) is 0 Å². The monoisotopic (exact) mass is 496 g/mol. The number of rotatable bonds is 4. The molecule has 0 aromatic heterocycles. The second-order valence-corrected chi connectivity index (χ2v) is 43.7. The fourth-order valence-electron chi connectivity index (χ4n) is 6.77. The topological polar surface area (TPSA) is 0 Å². The Hall–Kier alpha value is -0.692. The van der Waals surface area contributed by atoms with Crippen molar-refractivity contribution in [2.45, 2.75) is 102 Å². The second kappa shape index (κ2) is 10.7. The van der Waals surface area contributed by atoms with Gasteiger partial charge in [-0.05, 0) is 0 Å². The summed E-state index contributed by atoms with van der Waals surface area (Å²) in [6, 6.07) is 29.9. The molecule has 0 radical (unpaired) electrons. The molecular formula is C28H48Si4. The van der Waals surface area contributed by atoms with Crippen LogP contribution in [0.4, 0.5) is 0 Å². The zero-order valence-electron chi connectivity index (χ0n) is 21.8. The zero-order chi connectivity index (χ0) is 23.3. The van der Waals surface area contributed by atoms with Crippen LogP contribution in [0.15, 0.2) is 60.7 Å². The molecule has 3 rings (SSSR count). The molecule has 0 saturated carbocycles. The lowest BCUT2D eigenvalue weighted by Crippen LogP contribution is -2.66. The molecule has 0 unspecified atom stereocenters. The van der Waals surface area contributed by atoms with Gasteiger partial charge in [0.2, 0.25) is 0 Å². The van der Waals surface area contributed by atoms with Gasteiger partial charge in [0.1, 0.15) is 0 Å². The molecule has 1 aliphatic heterocycles. The summed E-state index contributed by atoms with van der Waals surface area (Å²) in [5.41, 5.74) is 0. The van der Waals surface area contributed by atoms with Crippen molar-refractivity contribution in [3.8, 4) is 0 Å². The lowest BCUT2D eigenvalue weighted by molar-refractivity contribution is 0.722. The third kappa shape index (κ3) is 5.51. The number of hydrogen-bond acceptors (Lipinski definition) is 0. The Morgan fingerprint density at radius 3 is 0.969 bits per heavy atom. The SMILES string of the molecule is C[Si](C)(C)[Si]1(c2ccccc2)CCCCC[Si](c2ccccc2)([Si](C)(C)C)CCCCC1. The van der Waals surface area contributed by atoms with E-state index in [1.165, 1.54) is 38.5 Å². The van der Waals surface area contributed by atoms with Gasteiger partial charge in [-0.25, -0.2) is 0 Å². The maximum absolute atomic E-state index is 2.69. The van der Waals surface area contributed by atoms with E-state index in [2.05, 4.69) is 99.9 Å². The van der Waals surface area contributed by atoms with Crippen LogP contribution < -0.4 is 10.4 Å². The third-order valence-corrected chi connectivity index (χ3v) is 44.3. The second-order valence-electron chi connectivity index (χ2n) is 12.5. The maximum Gasteiger partial charge on any atom is 0.0795 e. The standard InChI is InChI=1S/C28H48Si4/c1-29(2,3)31(27-19-11-7-12-20-27)23-15-9-17-25-32(30(4,5)6,26-18-10-16-24-31)28-21-13-8-14-22-28/h7-8,11-14,19-22H,9-10,15-18,23-26H2,1-6H3. The predicted molar refractivity (Wildman–Crippen MR) is 157 cm³/mol. The Balaban J connectivity index is 1.86. The smallest absolute Gasteiger partial charge is 0.0712 e. The largest absolute Gasteiger partial charge is 0.0795 e. The molecule has 1 fully saturated rings. The first-order valence-corrected chi connectivity index (χ1v) is 27.1. The third-order valence-electron chi connectivity index (χ3n) is 8.94. The molecule has 32 heavy (non-hydrogen) atoms. The highest BCUT2D eigenvalue weighted by Gasteiger charge is 2.47. The molecule has 0 amide bonds. The lowest BCUT2D eigenvalue weighted by Gasteiger charge is -2.45. The number of hydrogen-bond donors (Lipinski definition) is 0. The van der Waals surface area contributed by atoms with Crippen LogP contribution in [0.1, 0.15) is 38.5 Å². The molecule has 1 aliphatic rings. The van der Waals surface area contributed by atoms with Crippen molar-refractivity contribution in [2.24, 2.45) is 0 Å². The molecule has 1 heterocycles. The van der Waals surface area contributed by atoms with Gasteiger partial charge in [-0.15, -0.1) is 0 Å². The van der Waals surface area contributed by atoms with Gasteiger partial charge in [-0.2, -0.15) is 0 Å². The Morgan fingerprint density at radius 2 is 0.719 bits per heavy atom. The first kappa shape index (κ1) is 25.9. The average Bonchev–Trinajstić information content (AvgIpc) is 2.74. The first-order chi connectivity index (χ1) is 15.1. The first-order valence-electron chi connectivity index (χ1n) is 13.2. The molecule has 4 heteroatoms. The minimum atomic E-state index is -1.41. The molecule has 0 N–H and O–H groups in total. The van der Waals surface area contributed by atoms with Crippen molar-refractivity contribution in [1.82, 2.24) is 0 Å². The predicted octanol–water partition coefficient (Wildman–Crippen LogP) is 7.89. The number of benzene rings is 2. The molecule has 0 atom stereocenters. The quantitative estimate of drug-likeness (QED) is 0.377. The Bertz CT molecular complexity index is 735. The normalized spacial score (nSPS) is 26.7. The van der Waals surface area contributed by atoms with E-state index in [-0.39, 0.29) is 0 Å². The van der Waals surface area contributed by atoms with Crippen LogP contribution in [0.25, 0.3) is 0 Å². The molecule has 176 valence electrons. The lowest BCUT2D eigenvalue weighted by atomic mass is 10.3. The van der Waals surface area contributed by atoms with Crippen molar-refractivity contribution >= 4 is 40.7 Å². The van der Waals surface area contributed by atoms with Crippen LogP contribution in [0.2, 0.25) is 63.5 Å². The summed E-state index contributed by atoms with van der Waals surface area (Å²) >= 11 is 0. The molecule has 0 aliphatic carbocycles. The van der Waals surface area contributed by atoms with Gasteiger partial charge in [0.25, 0.3) is 0 Å². The minimum Gasteiger partial charge on any atom is -0.0712 e. The summed E-state index contributed by atoms with van der Waals surface area (Å²) in [6.07, 6.45) is 8.79. The van der Waals surface area contributed by atoms with Crippen LogP contribution in [0.3, 0.4) is 0 Å². The Labute approximate surface area is 202 Å². The van der Waals surface area contributed by atoms with E-state index in [0.29, 0.717) is 0 Å². The van der Waals surface area contributed by atoms with E-state index < -0.39 is 30.4 Å². The summed E-state index contributed by atoms with van der Waals surface area (Å²) < 4.78 is 0. The molecule has 1 saturated heterocycles. The highest BCUT2D eigenvalue weighted by Crippen LogP contribution is 2.36. The van der Waals surface area contributed by atoms with E-state index in [0.717, 1.165) is 0 Å². The zero-order valence-corrected chi connectivity index (χ0v) is 25.8. The molecular weight excluding hydrogens is 449 g/mol. The van der Waals surface area contributed by atoms with Crippen LogP contribution in [-0.2, 0) is 0 Å². The fraction of sp³-hybridized carbons (Fsp3) is 0.571. The van der Waals surface area contributed by atoms with E-state index in [1.54, 1.807) is 34.5 Å². The van der Waals surface area contributed by atoms with Crippen molar-refractivity contribution in [1.29, 1.82) is 0 Å². The molecule has 0 nitrogen and oxygen atoms in total. The van der Waals surface area contributed by atoms with E-state index in [1.807, 2.05) is 0 Å². The van der Waals surface area contributed by atoms with Gasteiger partial charge >= 0.3 is 0 Å². The fourth-order valence-corrected chi connectivity index (χ4v) is 35.5. The van der Waals surface area contributed by atoms with Crippen molar-refractivity contribution < 1.29 is 0 Å². The van der Waals surface area contributed by atoms with E-state index >= 15 is 0 Å². The Morgan fingerprint density at radius 1 is 0.438 bits per heavy atom. The van der Waals surface area contributed by atoms with Crippen LogP contribution in [0, 0.1) is 0 Å². The van der Waals surface area contributed by atoms with Crippen molar-refractivity contribution in [3.05, 3.63) is 60.7 Å². The van der Waals surface area contributed by atoms with E-state index in [4.69, 9.17) is 0 Å². The molecule has 2 aromatic carbocycles. The van der Waals surface area contributed by atoms with Gasteiger partial charge in [-0.3, -0.25) is 0 Å². The van der Waals surface area contributed by atoms with Crippen molar-refractivity contribution in [2.75, 3.05) is 0 Å². The summed E-state index contributed by atoms with van der Waals surface area (Å²) in [6.45, 7) is 16.1.